The van der Waals surface area contributed by atoms with E-state index >= 15 is 0 Å². The topological polar surface area (TPSA) is 84.9 Å². The van der Waals surface area contributed by atoms with Gasteiger partial charge in [0.05, 0.1) is 23.7 Å². The minimum Gasteiger partial charge on any atom is -0.349 e. The number of benzene rings is 1. The van der Waals surface area contributed by atoms with E-state index in [-0.39, 0.29) is 16.5 Å². The first-order valence-corrected chi connectivity index (χ1v) is 11.2. The summed E-state index contributed by atoms with van der Waals surface area (Å²) in [6.07, 6.45) is 4.29. The lowest BCUT2D eigenvalue weighted by Gasteiger charge is -2.35. The van der Waals surface area contributed by atoms with E-state index in [1.54, 1.807) is 0 Å². The molecule has 28 heavy (non-hydrogen) atoms. The molecule has 2 saturated heterocycles. The molecule has 4 rings (SSSR count). The SMILES string of the molecule is O=C(NC1CCC2(CC1)OCCO2)c1cc(S(=O)(=O)N2CCCC2)ccc1F. The molecule has 1 spiro atoms. The Bertz CT molecular complexity index is 838. The minimum atomic E-state index is -3.71. The highest BCUT2D eigenvalue weighted by atomic mass is 32.2. The van der Waals surface area contributed by atoms with Crippen molar-refractivity contribution in [2.45, 2.75) is 55.2 Å². The summed E-state index contributed by atoms with van der Waals surface area (Å²) >= 11 is 0. The highest BCUT2D eigenvalue weighted by molar-refractivity contribution is 7.89. The molecule has 3 aliphatic rings. The fraction of sp³-hybridized carbons (Fsp3) is 0.632. The van der Waals surface area contributed by atoms with Gasteiger partial charge < -0.3 is 14.8 Å². The lowest BCUT2D eigenvalue weighted by molar-refractivity contribution is -0.179. The Morgan fingerprint density at radius 1 is 1.14 bits per heavy atom. The van der Waals surface area contributed by atoms with E-state index in [9.17, 15) is 17.6 Å². The van der Waals surface area contributed by atoms with E-state index in [4.69, 9.17) is 9.47 Å². The van der Waals surface area contributed by atoms with Crippen molar-refractivity contribution in [2.75, 3.05) is 26.3 Å². The van der Waals surface area contributed by atoms with Crippen LogP contribution in [0.5, 0.6) is 0 Å². The van der Waals surface area contributed by atoms with Crippen molar-refractivity contribution in [1.82, 2.24) is 9.62 Å². The number of hydrogen-bond donors (Lipinski definition) is 1. The number of nitrogens with one attached hydrogen (secondary N) is 1. The molecule has 9 heteroatoms. The molecule has 1 amide bonds. The Balaban J connectivity index is 1.45. The van der Waals surface area contributed by atoms with Crippen molar-refractivity contribution in [3.05, 3.63) is 29.6 Å². The first-order chi connectivity index (χ1) is 13.4. The van der Waals surface area contributed by atoms with Gasteiger partial charge in [0.25, 0.3) is 5.91 Å². The second kappa shape index (κ2) is 7.70. The van der Waals surface area contributed by atoms with Crippen LogP contribution in [0.25, 0.3) is 0 Å². The Hall–Kier alpha value is -1.55. The van der Waals surface area contributed by atoms with E-state index in [1.807, 2.05) is 0 Å². The molecule has 0 atom stereocenters. The molecule has 0 unspecified atom stereocenters. The lowest BCUT2D eigenvalue weighted by Crippen LogP contribution is -2.44. The zero-order chi connectivity index (χ0) is 19.8. The number of sulfonamides is 1. The van der Waals surface area contributed by atoms with Gasteiger partial charge in [-0.2, -0.15) is 4.31 Å². The molecule has 1 aliphatic carbocycles. The molecule has 1 aromatic carbocycles. The minimum absolute atomic E-state index is 0.0451. The highest BCUT2D eigenvalue weighted by Crippen LogP contribution is 2.35. The molecule has 154 valence electrons. The molecule has 1 saturated carbocycles. The summed E-state index contributed by atoms with van der Waals surface area (Å²) in [5.41, 5.74) is -0.242. The fourth-order valence-corrected chi connectivity index (χ4v) is 5.71. The number of halogens is 1. The molecule has 0 bridgehead atoms. The summed E-state index contributed by atoms with van der Waals surface area (Å²) in [5.74, 6) is -1.85. The molecule has 2 heterocycles. The van der Waals surface area contributed by atoms with E-state index in [1.165, 1.54) is 10.4 Å². The van der Waals surface area contributed by atoms with Gasteiger partial charge in [0, 0.05) is 32.0 Å². The third-order valence-corrected chi connectivity index (χ3v) is 7.68. The molecule has 1 N–H and O–H groups in total. The molecule has 0 aromatic heterocycles. The zero-order valence-electron chi connectivity index (χ0n) is 15.7. The van der Waals surface area contributed by atoms with Crippen molar-refractivity contribution in [2.24, 2.45) is 0 Å². The monoisotopic (exact) mass is 412 g/mol. The van der Waals surface area contributed by atoms with Crippen LogP contribution in [0.1, 0.15) is 48.9 Å². The van der Waals surface area contributed by atoms with Crippen LogP contribution in [-0.2, 0) is 19.5 Å². The normalized spacial score (nSPS) is 23.3. The maximum absolute atomic E-state index is 14.3. The quantitative estimate of drug-likeness (QED) is 0.818. The fourth-order valence-electron chi connectivity index (χ4n) is 4.17. The summed E-state index contributed by atoms with van der Waals surface area (Å²) in [6, 6.07) is 3.29. The van der Waals surface area contributed by atoms with Gasteiger partial charge in [0.2, 0.25) is 10.0 Å². The number of carbonyl (C=O) groups excluding carboxylic acids is 1. The summed E-state index contributed by atoms with van der Waals surface area (Å²) in [5, 5.41) is 2.83. The molecule has 7 nitrogen and oxygen atoms in total. The molecule has 3 fully saturated rings. The average Bonchev–Trinajstić information content (AvgIpc) is 3.37. The standard InChI is InChI=1S/C19H25FN2O5S/c20-17-4-3-15(28(24,25)22-9-1-2-10-22)13-16(17)18(23)21-14-5-7-19(8-6-14)26-11-12-27-19/h3-4,13-14H,1-2,5-12H2,(H,21,23). The van der Waals surface area contributed by atoms with Gasteiger partial charge >= 0.3 is 0 Å². The van der Waals surface area contributed by atoms with Crippen LogP contribution in [0.2, 0.25) is 0 Å². The first kappa shape index (κ1) is 19.8. The van der Waals surface area contributed by atoms with Gasteiger partial charge in [-0.05, 0) is 43.9 Å². The van der Waals surface area contributed by atoms with Gasteiger partial charge in [-0.25, -0.2) is 12.8 Å². The maximum atomic E-state index is 14.3. The summed E-state index contributed by atoms with van der Waals surface area (Å²) in [7, 11) is -3.71. The van der Waals surface area contributed by atoms with Crippen LogP contribution in [0.15, 0.2) is 23.1 Å². The van der Waals surface area contributed by atoms with Crippen LogP contribution in [0, 0.1) is 5.82 Å². The van der Waals surface area contributed by atoms with Gasteiger partial charge in [0.1, 0.15) is 5.82 Å². The van der Waals surface area contributed by atoms with Crippen molar-refractivity contribution >= 4 is 15.9 Å². The lowest BCUT2D eigenvalue weighted by atomic mass is 9.90. The summed E-state index contributed by atoms with van der Waals surface area (Å²) < 4.78 is 52.4. The van der Waals surface area contributed by atoms with Crippen molar-refractivity contribution in [3.63, 3.8) is 0 Å². The third kappa shape index (κ3) is 3.80. The van der Waals surface area contributed by atoms with Crippen LogP contribution in [0.4, 0.5) is 4.39 Å². The molecule has 1 aromatic rings. The molecule has 2 aliphatic heterocycles. The smallest absolute Gasteiger partial charge is 0.254 e. The first-order valence-electron chi connectivity index (χ1n) is 9.78. The Labute approximate surface area is 164 Å². The van der Waals surface area contributed by atoms with E-state index in [0.717, 1.165) is 25.0 Å². The Morgan fingerprint density at radius 3 is 2.43 bits per heavy atom. The number of amides is 1. The molecule has 0 radical (unpaired) electrons. The predicted octanol–water partition coefficient (Wildman–Crippen LogP) is 2.03. The third-order valence-electron chi connectivity index (χ3n) is 5.78. The second-order valence-electron chi connectivity index (χ2n) is 7.61. The number of rotatable bonds is 4. The second-order valence-corrected chi connectivity index (χ2v) is 9.55. The molecular formula is C19H25FN2O5S. The van der Waals surface area contributed by atoms with Crippen molar-refractivity contribution < 1.29 is 27.1 Å². The average molecular weight is 412 g/mol. The van der Waals surface area contributed by atoms with Crippen LogP contribution < -0.4 is 5.32 Å². The van der Waals surface area contributed by atoms with Gasteiger partial charge in [-0.15, -0.1) is 0 Å². The number of carbonyl (C=O) groups is 1. The van der Waals surface area contributed by atoms with Crippen molar-refractivity contribution in [3.8, 4) is 0 Å². The number of hydrogen-bond acceptors (Lipinski definition) is 5. The van der Waals surface area contributed by atoms with Crippen LogP contribution in [0.3, 0.4) is 0 Å². The number of nitrogens with zero attached hydrogens (tertiary/aromatic N) is 1. The predicted molar refractivity (Wildman–Crippen MR) is 98.8 cm³/mol. The van der Waals surface area contributed by atoms with Crippen LogP contribution in [-0.4, -0.2) is 56.8 Å². The summed E-state index contributed by atoms with van der Waals surface area (Å²) in [4.78, 5) is 12.6. The largest absolute Gasteiger partial charge is 0.349 e. The number of ether oxygens (including phenoxy) is 2. The van der Waals surface area contributed by atoms with Gasteiger partial charge in [-0.3, -0.25) is 4.79 Å². The van der Waals surface area contributed by atoms with E-state index < -0.39 is 27.5 Å². The highest BCUT2D eigenvalue weighted by Gasteiger charge is 2.40. The van der Waals surface area contributed by atoms with Gasteiger partial charge in [0.15, 0.2) is 5.79 Å². The van der Waals surface area contributed by atoms with Gasteiger partial charge in [-0.1, -0.05) is 0 Å². The van der Waals surface area contributed by atoms with E-state index in [2.05, 4.69) is 5.32 Å². The van der Waals surface area contributed by atoms with Crippen molar-refractivity contribution in [1.29, 1.82) is 0 Å². The van der Waals surface area contributed by atoms with E-state index in [0.29, 0.717) is 52.0 Å². The summed E-state index contributed by atoms with van der Waals surface area (Å²) in [6.45, 7) is 2.07. The molecular weight excluding hydrogens is 387 g/mol. The zero-order valence-corrected chi connectivity index (χ0v) is 16.5. The Morgan fingerprint density at radius 2 is 1.79 bits per heavy atom. The van der Waals surface area contributed by atoms with Crippen LogP contribution >= 0.6 is 0 Å². The Kier molecular flexibility index (Phi) is 5.43. The maximum Gasteiger partial charge on any atom is 0.254 e.